The second kappa shape index (κ2) is 15.0. The molecule has 1 aliphatic carbocycles. The summed E-state index contributed by atoms with van der Waals surface area (Å²) < 4.78 is 0. The molecule has 0 aromatic rings. The molecular weight excluding hydrogens is 468 g/mol. The summed E-state index contributed by atoms with van der Waals surface area (Å²) in [6.45, 7) is 6.59. The van der Waals surface area contributed by atoms with Crippen LogP contribution in [-0.2, 0) is 28.8 Å². The summed E-state index contributed by atoms with van der Waals surface area (Å²) in [4.78, 5) is 74.5. The molecular formula is C24H42N6O6. The van der Waals surface area contributed by atoms with E-state index in [4.69, 9.17) is 5.73 Å². The lowest BCUT2D eigenvalue weighted by Gasteiger charge is -2.35. The third-order valence-electron chi connectivity index (χ3n) is 6.06. The number of primary amides is 1. The molecule has 204 valence electrons. The molecule has 0 aromatic heterocycles. The Morgan fingerprint density at radius 2 is 1.64 bits per heavy atom. The zero-order valence-corrected chi connectivity index (χ0v) is 21.9. The van der Waals surface area contributed by atoms with Gasteiger partial charge in [-0.25, -0.2) is 0 Å². The first-order chi connectivity index (χ1) is 16.9. The van der Waals surface area contributed by atoms with Crippen molar-refractivity contribution in [3.05, 3.63) is 0 Å². The largest absolute Gasteiger partial charge is 0.368 e. The highest BCUT2D eigenvalue weighted by Crippen LogP contribution is 2.27. The van der Waals surface area contributed by atoms with Gasteiger partial charge in [0.2, 0.25) is 35.9 Å². The lowest BCUT2D eigenvalue weighted by molar-refractivity contribution is -0.142. The molecule has 36 heavy (non-hydrogen) atoms. The van der Waals surface area contributed by atoms with E-state index in [9.17, 15) is 28.8 Å². The van der Waals surface area contributed by atoms with Gasteiger partial charge < -0.3 is 31.9 Å². The van der Waals surface area contributed by atoms with E-state index in [2.05, 4.69) is 21.3 Å². The summed E-state index contributed by atoms with van der Waals surface area (Å²) in [7, 11) is 0. The molecule has 2 unspecified atom stereocenters. The summed E-state index contributed by atoms with van der Waals surface area (Å²) in [5.74, 6) is -2.73. The SMILES string of the molecule is CCCN(CC(=O)NC(C(=O)NCC(N)=O)C1CCCCC1)C(=O)C(NC(=O)CNC=O)C(C)(C)C. The lowest BCUT2D eigenvalue weighted by Crippen LogP contribution is -2.58. The maximum absolute atomic E-state index is 13.4. The van der Waals surface area contributed by atoms with Crippen LogP contribution in [0.15, 0.2) is 0 Å². The van der Waals surface area contributed by atoms with Gasteiger partial charge in [-0.2, -0.15) is 0 Å². The fraction of sp³-hybridized carbons (Fsp3) is 0.750. The molecule has 12 heteroatoms. The van der Waals surface area contributed by atoms with Crippen molar-refractivity contribution in [3.63, 3.8) is 0 Å². The van der Waals surface area contributed by atoms with E-state index in [0.717, 1.165) is 32.1 Å². The summed E-state index contributed by atoms with van der Waals surface area (Å²) >= 11 is 0. The van der Waals surface area contributed by atoms with Crippen LogP contribution in [0.3, 0.4) is 0 Å². The highest BCUT2D eigenvalue weighted by atomic mass is 16.2. The Morgan fingerprint density at radius 1 is 1.00 bits per heavy atom. The van der Waals surface area contributed by atoms with Crippen molar-refractivity contribution in [2.45, 2.75) is 78.3 Å². The van der Waals surface area contributed by atoms with Crippen LogP contribution in [-0.4, -0.2) is 79.1 Å². The molecule has 6 N–H and O–H groups in total. The van der Waals surface area contributed by atoms with Crippen LogP contribution in [0.4, 0.5) is 0 Å². The third-order valence-corrected chi connectivity index (χ3v) is 6.06. The van der Waals surface area contributed by atoms with Crippen molar-refractivity contribution in [2.24, 2.45) is 17.1 Å². The molecule has 0 aromatic carbocycles. The third kappa shape index (κ3) is 10.6. The van der Waals surface area contributed by atoms with Gasteiger partial charge in [0.15, 0.2) is 0 Å². The van der Waals surface area contributed by atoms with Crippen molar-refractivity contribution in [2.75, 3.05) is 26.2 Å². The number of rotatable bonds is 14. The first-order valence-electron chi connectivity index (χ1n) is 12.5. The predicted octanol–water partition coefficient (Wildman–Crippen LogP) is -0.831. The number of hydrogen-bond donors (Lipinski definition) is 5. The van der Waals surface area contributed by atoms with E-state index in [1.54, 1.807) is 20.8 Å². The van der Waals surface area contributed by atoms with Crippen LogP contribution >= 0.6 is 0 Å². The van der Waals surface area contributed by atoms with Crippen molar-refractivity contribution >= 4 is 35.9 Å². The molecule has 0 heterocycles. The highest BCUT2D eigenvalue weighted by Gasteiger charge is 2.37. The van der Waals surface area contributed by atoms with Crippen LogP contribution in [0.5, 0.6) is 0 Å². The predicted molar refractivity (Wildman–Crippen MR) is 133 cm³/mol. The van der Waals surface area contributed by atoms with Gasteiger partial charge in [-0.15, -0.1) is 0 Å². The molecule has 1 rings (SSSR count). The molecule has 0 spiro atoms. The summed E-state index contributed by atoms with van der Waals surface area (Å²) in [6, 6.07) is -1.78. The van der Waals surface area contributed by atoms with Crippen LogP contribution in [0, 0.1) is 11.3 Å². The Hall–Kier alpha value is -3.18. The van der Waals surface area contributed by atoms with E-state index in [1.165, 1.54) is 4.90 Å². The van der Waals surface area contributed by atoms with Gasteiger partial charge in [0, 0.05) is 6.54 Å². The fourth-order valence-corrected chi connectivity index (χ4v) is 4.26. The molecule has 0 aliphatic heterocycles. The monoisotopic (exact) mass is 510 g/mol. The van der Waals surface area contributed by atoms with E-state index >= 15 is 0 Å². The van der Waals surface area contributed by atoms with E-state index < -0.39 is 47.0 Å². The molecule has 0 radical (unpaired) electrons. The minimum atomic E-state index is -0.939. The Labute approximate surface area is 212 Å². The first-order valence-corrected chi connectivity index (χ1v) is 12.5. The lowest BCUT2D eigenvalue weighted by atomic mass is 9.83. The molecule has 1 fully saturated rings. The average molecular weight is 511 g/mol. The fourth-order valence-electron chi connectivity index (χ4n) is 4.26. The van der Waals surface area contributed by atoms with Crippen LogP contribution in [0.2, 0.25) is 0 Å². The Kier molecular flexibility index (Phi) is 12.9. The Balaban J connectivity index is 3.01. The minimum Gasteiger partial charge on any atom is -0.368 e. The van der Waals surface area contributed by atoms with Gasteiger partial charge in [-0.1, -0.05) is 47.0 Å². The van der Waals surface area contributed by atoms with Gasteiger partial charge in [0.05, 0.1) is 19.6 Å². The number of nitrogens with two attached hydrogens (primary N) is 1. The zero-order valence-electron chi connectivity index (χ0n) is 21.9. The summed E-state index contributed by atoms with van der Waals surface area (Å²) in [5, 5.41) is 10.2. The van der Waals surface area contributed by atoms with Gasteiger partial charge in [-0.05, 0) is 30.6 Å². The number of carbonyl (C=O) groups excluding carboxylic acids is 6. The van der Waals surface area contributed by atoms with E-state index in [-0.39, 0.29) is 32.1 Å². The number of hydrogen-bond acceptors (Lipinski definition) is 6. The average Bonchev–Trinajstić information content (AvgIpc) is 2.82. The Morgan fingerprint density at radius 3 is 2.17 bits per heavy atom. The van der Waals surface area contributed by atoms with Crippen LogP contribution < -0.4 is 27.0 Å². The molecule has 0 bridgehead atoms. The van der Waals surface area contributed by atoms with E-state index in [0.29, 0.717) is 12.8 Å². The second-order valence-corrected chi connectivity index (χ2v) is 10.3. The van der Waals surface area contributed by atoms with Crippen molar-refractivity contribution in [1.82, 2.24) is 26.2 Å². The molecule has 12 nitrogen and oxygen atoms in total. The van der Waals surface area contributed by atoms with Crippen LogP contribution in [0.25, 0.3) is 0 Å². The van der Waals surface area contributed by atoms with Gasteiger partial charge in [0.1, 0.15) is 12.1 Å². The first kappa shape index (κ1) is 30.9. The quantitative estimate of drug-likeness (QED) is 0.190. The zero-order chi connectivity index (χ0) is 27.3. The highest BCUT2D eigenvalue weighted by molar-refractivity contribution is 5.94. The normalized spacial score (nSPS) is 15.7. The van der Waals surface area contributed by atoms with E-state index in [1.807, 2.05) is 6.92 Å². The Bertz CT molecular complexity index is 790. The topological polar surface area (TPSA) is 180 Å². The number of nitrogens with zero attached hydrogens (tertiary/aromatic N) is 1. The van der Waals surface area contributed by atoms with Crippen molar-refractivity contribution < 1.29 is 28.8 Å². The maximum Gasteiger partial charge on any atom is 0.246 e. The molecule has 6 amide bonds. The minimum absolute atomic E-state index is 0.0853. The number of amides is 6. The second-order valence-electron chi connectivity index (χ2n) is 10.3. The van der Waals surface area contributed by atoms with Crippen LogP contribution in [0.1, 0.15) is 66.2 Å². The number of carbonyl (C=O) groups is 6. The van der Waals surface area contributed by atoms with Gasteiger partial charge in [0.25, 0.3) is 0 Å². The maximum atomic E-state index is 13.4. The van der Waals surface area contributed by atoms with Gasteiger partial charge in [-0.3, -0.25) is 28.8 Å². The molecule has 2 atom stereocenters. The standard InChI is InChI=1S/C24H42N6O6/c1-5-11-30(23(36)21(24(2,3)4)29-18(33)13-26-15-31)14-19(34)28-20(16-9-7-6-8-10-16)22(35)27-12-17(25)32/h15-16,20-21H,5-14H2,1-4H3,(H2,25,32)(H,26,31)(H,27,35)(H,28,34)(H,29,33). The smallest absolute Gasteiger partial charge is 0.246 e. The van der Waals surface area contributed by atoms with Gasteiger partial charge >= 0.3 is 0 Å². The number of nitrogens with one attached hydrogen (secondary N) is 4. The van der Waals surface area contributed by atoms with Crippen molar-refractivity contribution in [3.8, 4) is 0 Å². The molecule has 0 saturated heterocycles. The molecule has 1 aliphatic rings. The molecule has 1 saturated carbocycles. The summed E-state index contributed by atoms with van der Waals surface area (Å²) in [6.07, 6.45) is 5.42. The summed E-state index contributed by atoms with van der Waals surface area (Å²) in [5.41, 5.74) is 4.47. The van der Waals surface area contributed by atoms with Crippen molar-refractivity contribution in [1.29, 1.82) is 0 Å².